The summed E-state index contributed by atoms with van der Waals surface area (Å²) >= 11 is 6.76. The molecule has 0 amide bonds. The first-order valence-corrected chi connectivity index (χ1v) is 7.52. The summed E-state index contributed by atoms with van der Waals surface area (Å²) in [5.41, 5.74) is 2.78. The Morgan fingerprint density at radius 1 is 1.40 bits per heavy atom. The maximum absolute atomic E-state index is 11.0. The van der Waals surface area contributed by atoms with E-state index >= 15 is 0 Å². The van der Waals surface area contributed by atoms with Gasteiger partial charge >= 0.3 is 0 Å². The second kappa shape index (κ2) is 7.81. The van der Waals surface area contributed by atoms with Gasteiger partial charge in [-0.1, -0.05) is 42.5 Å². The first-order valence-electron chi connectivity index (χ1n) is 6.24. The molecule has 1 aromatic heterocycles. The van der Waals surface area contributed by atoms with E-state index in [1.807, 2.05) is 36.6 Å². The zero-order chi connectivity index (χ0) is 14.2. The standard InChI is InChI=1S/C14H14N3OS2/c18-9-12(8-11-4-2-1-3-5-11)16-13(19)6-7-14-17-15-10-20-14/h1-5,10,12H,6-8H2,(H,16,19). The van der Waals surface area contributed by atoms with Crippen LogP contribution in [0, 0.1) is 0 Å². The van der Waals surface area contributed by atoms with Crippen LogP contribution in [0.4, 0.5) is 0 Å². The molecule has 1 N–H and O–H groups in total. The third-order valence-electron chi connectivity index (χ3n) is 2.73. The van der Waals surface area contributed by atoms with Crippen molar-refractivity contribution in [2.45, 2.75) is 25.3 Å². The predicted octanol–water partition coefficient (Wildman–Crippen LogP) is 2.11. The normalized spacial score (nSPS) is 11.8. The van der Waals surface area contributed by atoms with Crippen LogP contribution >= 0.6 is 23.6 Å². The van der Waals surface area contributed by atoms with Gasteiger partial charge in [-0.3, -0.25) is 4.79 Å². The molecule has 1 aromatic carbocycles. The van der Waals surface area contributed by atoms with Crippen molar-refractivity contribution < 1.29 is 4.79 Å². The van der Waals surface area contributed by atoms with Crippen molar-refractivity contribution in [3.63, 3.8) is 0 Å². The Labute approximate surface area is 127 Å². The Morgan fingerprint density at radius 2 is 2.20 bits per heavy atom. The molecule has 1 atom stereocenters. The number of carbonyl (C=O) groups excluding carboxylic acids is 1. The van der Waals surface area contributed by atoms with Crippen LogP contribution in [0.5, 0.6) is 0 Å². The van der Waals surface area contributed by atoms with Crippen LogP contribution in [0.3, 0.4) is 0 Å². The molecule has 1 radical (unpaired) electrons. The lowest BCUT2D eigenvalue weighted by atomic mass is 10.1. The van der Waals surface area contributed by atoms with E-state index in [2.05, 4.69) is 15.5 Å². The topological polar surface area (TPSA) is 54.9 Å². The Morgan fingerprint density at radius 3 is 2.85 bits per heavy atom. The van der Waals surface area contributed by atoms with Crippen molar-refractivity contribution in [2.75, 3.05) is 0 Å². The minimum atomic E-state index is -0.403. The van der Waals surface area contributed by atoms with E-state index < -0.39 is 6.04 Å². The number of hydrogen-bond donors (Lipinski definition) is 1. The molecule has 0 bridgehead atoms. The molecule has 4 nitrogen and oxygen atoms in total. The molecule has 0 spiro atoms. The largest absolute Gasteiger partial charge is 0.369 e. The molecule has 0 fully saturated rings. The summed E-state index contributed by atoms with van der Waals surface area (Å²) in [7, 11) is 0. The highest BCUT2D eigenvalue weighted by molar-refractivity contribution is 7.80. The molecule has 20 heavy (non-hydrogen) atoms. The zero-order valence-corrected chi connectivity index (χ0v) is 12.4. The van der Waals surface area contributed by atoms with Crippen LogP contribution in [0.1, 0.15) is 17.0 Å². The van der Waals surface area contributed by atoms with Gasteiger partial charge in [-0.25, -0.2) is 0 Å². The molecule has 0 saturated carbocycles. The lowest BCUT2D eigenvalue weighted by molar-refractivity contribution is 0.533. The van der Waals surface area contributed by atoms with Crippen molar-refractivity contribution in [2.24, 2.45) is 0 Å². The molecule has 0 aliphatic rings. The van der Waals surface area contributed by atoms with E-state index in [1.54, 1.807) is 5.51 Å². The lowest BCUT2D eigenvalue weighted by Crippen LogP contribution is -2.36. The van der Waals surface area contributed by atoms with Gasteiger partial charge in [0.1, 0.15) is 10.5 Å². The Hall–Kier alpha value is -1.66. The van der Waals surface area contributed by atoms with Gasteiger partial charge in [0.2, 0.25) is 6.29 Å². The molecule has 0 aliphatic carbocycles. The van der Waals surface area contributed by atoms with Gasteiger partial charge in [-0.2, -0.15) is 0 Å². The van der Waals surface area contributed by atoms with Gasteiger partial charge < -0.3 is 5.32 Å². The molecule has 103 valence electrons. The Balaban J connectivity index is 1.80. The van der Waals surface area contributed by atoms with Gasteiger partial charge in [0.15, 0.2) is 0 Å². The number of nitrogens with zero attached hydrogens (tertiary/aromatic N) is 2. The highest BCUT2D eigenvalue weighted by Gasteiger charge is 2.11. The number of benzene rings is 1. The summed E-state index contributed by atoms with van der Waals surface area (Å²) in [6, 6.07) is 9.41. The molecule has 0 saturated heterocycles. The minimum absolute atomic E-state index is 0.403. The van der Waals surface area contributed by atoms with Gasteiger partial charge in [0.05, 0.1) is 11.0 Å². The molecule has 0 aliphatic heterocycles. The predicted molar refractivity (Wildman–Crippen MR) is 83.6 cm³/mol. The SMILES string of the molecule is O=[C]C(Cc1ccccc1)NC(=S)CCc1nncs1. The van der Waals surface area contributed by atoms with Crippen LogP contribution in [-0.4, -0.2) is 27.5 Å². The van der Waals surface area contributed by atoms with Crippen LogP contribution in [0.2, 0.25) is 0 Å². The van der Waals surface area contributed by atoms with E-state index in [9.17, 15) is 4.79 Å². The maximum atomic E-state index is 11.0. The van der Waals surface area contributed by atoms with Crippen LogP contribution in [0.15, 0.2) is 35.8 Å². The quantitative estimate of drug-likeness (QED) is 0.794. The third-order valence-corrected chi connectivity index (χ3v) is 3.81. The molecular formula is C14H14N3OS2. The van der Waals surface area contributed by atoms with Crippen molar-refractivity contribution in [1.29, 1.82) is 0 Å². The van der Waals surface area contributed by atoms with Crippen molar-refractivity contribution >= 4 is 34.8 Å². The van der Waals surface area contributed by atoms with Gasteiger partial charge in [-0.15, -0.1) is 21.5 Å². The van der Waals surface area contributed by atoms with Crippen molar-refractivity contribution in [1.82, 2.24) is 15.5 Å². The maximum Gasteiger partial charge on any atom is 0.223 e. The number of hydrogen-bond acceptors (Lipinski definition) is 5. The number of aromatic nitrogens is 2. The lowest BCUT2D eigenvalue weighted by Gasteiger charge is -2.13. The summed E-state index contributed by atoms with van der Waals surface area (Å²) < 4.78 is 0. The summed E-state index contributed by atoms with van der Waals surface area (Å²) in [4.78, 5) is 11.7. The first kappa shape index (κ1) is 14.7. The van der Waals surface area contributed by atoms with E-state index in [0.29, 0.717) is 17.8 Å². The van der Waals surface area contributed by atoms with Gasteiger partial charge in [-0.05, 0) is 5.56 Å². The van der Waals surface area contributed by atoms with E-state index in [0.717, 1.165) is 17.0 Å². The average molecular weight is 304 g/mol. The monoisotopic (exact) mass is 304 g/mol. The highest BCUT2D eigenvalue weighted by Crippen LogP contribution is 2.06. The molecule has 6 heteroatoms. The van der Waals surface area contributed by atoms with Crippen molar-refractivity contribution in [3.8, 4) is 0 Å². The molecule has 1 unspecified atom stereocenters. The second-order valence-corrected chi connectivity index (χ2v) is 5.67. The Kier molecular flexibility index (Phi) is 5.76. The summed E-state index contributed by atoms with van der Waals surface area (Å²) in [6.45, 7) is 0. The number of thiocarbonyl (C=S) groups is 1. The number of aryl methyl sites for hydroxylation is 1. The molecule has 2 rings (SSSR count). The number of rotatable bonds is 7. The van der Waals surface area contributed by atoms with Crippen LogP contribution in [0.25, 0.3) is 0 Å². The number of nitrogens with one attached hydrogen (secondary N) is 1. The van der Waals surface area contributed by atoms with Crippen molar-refractivity contribution in [3.05, 3.63) is 46.4 Å². The minimum Gasteiger partial charge on any atom is -0.369 e. The van der Waals surface area contributed by atoms with E-state index in [-0.39, 0.29) is 0 Å². The van der Waals surface area contributed by atoms with Gasteiger partial charge in [0, 0.05) is 19.3 Å². The molecule has 2 aromatic rings. The Bertz CT molecular complexity index is 543. The zero-order valence-electron chi connectivity index (χ0n) is 10.8. The van der Waals surface area contributed by atoms with Crippen LogP contribution in [-0.2, 0) is 17.6 Å². The molecular weight excluding hydrogens is 290 g/mol. The fourth-order valence-electron chi connectivity index (χ4n) is 1.76. The fraction of sp³-hybridized carbons (Fsp3) is 0.286. The van der Waals surface area contributed by atoms with E-state index in [4.69, 9.17) is 12.2 Å². The first-order chi connectivity index (χ1) is 9.78. The second-order valence-electron chi connectivity index (χ2n) is 4.26. The summed E-state index contributed by atoms with van der Waals surface area (Å²) in [5, 5.41) is 11.7. The van der Waals surface area contributed by atoms with Gasteiger partial charge in [0.25, 0.3) is 0 Å². The molecule has 1 heterocycles. The van der Waals surface area contributed by atoms with E-state index in [1.165, 1.54) is 11.3 Å². The smallest absolute Gasteiger partial charge is 0.223 e. The fourth-order valence-corrected chi connectivity index (χ4v) is 2.54. The highest BCUT2D eigenvalue weighted by atomic mass is 32.1. The average Bonchev–Trinajstić information content (AvgIpc) is 2.99. The third kappa shape index (κ3) is 4.79. The van der Waals surface area contributed by atoms with Crippen LogP contribution < -0.4 is 5.32 Å². The summed E-state index contributed by atoms with van der Waals surface area (Å²) in [5.74, 6) is 0. The summed E-state index contributed by atoms with van der Waals surface area (Å²) in [6.07, 6.45) is 3.99.